The Kier molecular flexibility index (Phi) is 6.42. The van der Waals surface area contributed by atoms with Crippen molar-refractivity contribution in [2.24, 2.45) is 0 Å². The number of thiophene rings is 1. The average molecular weight is 446 g/mol. The molecule has 0 aliphatic rings. The van der Waals surface area contributed by atoms with Gasteiger partial charge in [-0.2, -0.15) is 0 Å². The van der Waals surface area contributed by atoms with Gasteiger partial charge in [-0.15, -0.1) is 11.3 Å². The molecule has 0 aliphatic heterocycles. The van der Waals surface area contributed by atoms with Crippen LogP contribution in [0.5, 0.6) is 0 Å². The molecule has 32 heavy (non-hydrogen) atoms. The summed E-state index contributed by atoms with van der Waals surface area (Å²) in [6.07, 6.45) is 0. The van der Waals surface area contributed by atoms with Gasteiger partial charge >= 0.3 is 5.97 Å². The Bertz CT molecular complexity index is 1230. The van der Waals surface area contributed by atoms with E-state index >= 15 is 0 Å². The van der Waals surface area contributed by atoms with Gasteiger partial charge in [0.25, 0.3) is 5.91 Å². The molecule has 1 amide bonds. The third kappa shape index (κ3) is 4.60. The smallest absolute Gasteiger partial charge is 0.341 e. The molecular weight excluding hydrogens is 425 g/mol. The van der Waals surface area contributed by atoms with Crippen LogP contribution in [0.4, 0.5) is 9.39 Å². The number of carbonyl (C=O) groups is 2. The van der Waals surface area contributed by atoms with Crippen molar-refractivity contribution in [1.29, 1.82) is 0 Å². The fraction of sp³-hybridized carbons (Fsp3) is 0.0769. The van der Waals surface area contributed by atoms with E-state index in [1.165, 1.54) is 23.5 Å². The third-order valence-corrected chi connectivity index (χ3v) is 5.80. The molecule has 160 valence electrons. The van der Waals surface area contributed by atoms with E-state index in [4.69, 9.17) is 4.74 Å². The van der Waals surface area contributed by atoms with Gasteiger partial charge in [-0.05, 0) is 47.9 Å². The van der Waals surface area contributed by atoms with Gasteiger partial charge in [-0.1, -0.05) is 54.6 Å². The first-order valence-corrected chi connectivity index (χ1v) is 11.0. The second kappa shape index (κ2) is 9.58. The second-order valence-electron chi connectivity index (χ2n) is 6.98. The first kappa shape index (κ1) is 21.5. The summed E-state index contributed by atoms with van der Waals surface area (Å²) in [6.45, 7) is 1.92. The normalized spacial score (nSPS) is 10.6. The minimum absolute atomic E-state index is 0.200. The summed E-state index contributed by atoms with van der Waals surface area (Å²) in [5, 5.41) is 4.98. The molecule has 4 nitrogen and oxygen atoms in total. The molecule has 4 aromatic rings. The predicted molar refractivity (Wildman–Crippen MR) is 126 cm³/mol. The molecule has 0 fully saturated rings. The highest BCUT2D eigenvalue weighted by molar-refractivity contribution is 7.15. The van der Waals surface area contributed by atoms with Gasteiger partial charge in [0.05, 0.1) is 6.61 Å². The van der Waals surface area contributed by atoms with Crippen molar-refractivity contribution in [3.8, 4) is 22.3 Å². The van der Waals surface area contributed by atoms with Crippen LogP contribution in [0.15, 0.2) is 84.2 Å². The van der Waals surface area contributed by atoms with Crippen molar-refractivity contribution in [2.75, 3.05) is 11.9 Å². The molecule has 6 heteroatoms. The number of amides is 1. The maximum Gasteiger partial charge on any atom is 0.341 e. The highest BCUT2D eigenvalue weighted by Crippen LogP contribution is 2.36. The van der Waals surface area contributed by atoms with E-state index in [2.05, 4.69) is 5.32 Å². The standard InChI is InChI=1S/C26H20FNO3S/c1-2-31-26(30)23-22(19-12-14-21(27)15-13-19)16-32-25(23)28-24(29)20-10-8-18(9-11-20)17-6-4-3-5-7-17/h3-16H,2H2,1H3,(H,28,29). The number of esters is 1. The minimum Gasteiger partial charge on any atom is -0.462 e. The van der Waals surface area contributed by atoms with Gasteiger partial charge in [-0.25, -0.2) is 9.18 Å². The number of anilines is 1. The van der Waals surface area contributed by atoms with Gasteiger partial charge in [-0.3, -0.25) is 4.79 Å². The van der Waals surface area contributed by atoms with Gasteiger partial charge in [0, 0.05) is 16.5 Å². The molecule has 0 saturated carbocycles. The first-order chi connectivity index (χ1) is 15.6. The molecular formula is C26H20FNO3S. The van der Waals surface area contributed by atoms with E-state index in [9.17, 15) is 14.0 Å². The fourth-order valence-electron chi connectivity index (χ4n) is 3.32. The Hall–Kier alpha value is -3.77. The highest BCUT2D eigenvalue weighted by atomic mass is 32.1. The number of rotatable bonds is 6. The van der Waals surface area contributed by atoms with E-state index in [-0.39, 0.29) is 23.9 Å². The molecule has 1 aromatic heterocycles. The summed E-state index contributed by atoms with van der Waals surface area (Å²) in [5.41, 5.74) is 4.05. The molecule has 0 atom stereocenters. The molecule has 0 aliphatic carbocycles. The van der Waals surface area contributed by atoms with E-state index < -0.39 is 5.97 Å². The van der Waals surface area contributed by atoms with Crippen LogP contribution >= 0.6 is 11.3 Å². The molecule has 1 heterocycles. The highest BCUT2D eigenvalue weighted by Gasteiger charge is 2.23. The van der Waals surface area contributed by atoms with Crippen molar-refractivity contribution in [3.05, 3.63) is 101 Å². The largest absolute Gasteiger partial charge is 0.462 e. The number of nitrogens with one attached hydrogen (secondary N) is 1. The third-order valence-electron chi connectivity index (χ3n) is 4.91. The van der Waals surface area contributed by atoms with Crippen molar-refractivity contribution in [2.45, 2.75) is 6.92 Å². The lowest BCUT2D eigenvalue weighted by Gasteiger charge is -2.09. The molecule has 3 aromatic carbocycles. The number of hydrogen-bond donors (Lipinski definition) is 1. The van der Waals surface area contributed by atoms with E-state index in [0.717, 1.165) is 11.1 Å². The minimum atomic E-state index is -0.539. The van der Waals surface area contributed by atoms with Crippen LogP contribution in [-0.4, -0.2) is 18.5 Å². The number of halogens is 1. The Morgan fingerprint density at radius 3 is 2.16 bits per heavy atom. The van der Waals surface area contributed by atoms with Crippen molar-refractivity contribution in [3.63, 3.8) is 0 Å². The van der Waals surface area contributed by atoms with Crippen LogP contribution in [0.2, 0.25) is 0 Å². The zero-order valence-electron chi connectivity index (χ0n) is 17.3. The molecule has 0 unspecified atom stereocenters. The fourth-order valence-corrected chi connectivity index (χ4v) is 4.27. The van der Waals surface area contributed by atoms with Crippen molar-refractivity contribution in [1.82, 2.24) is 0 Å². The Labute approximate surface area is 189 Å². The topological polar surface area (TPSA) is 55.4 Å². The maximum absolute atomic E-state index is 13.3. The molecule has 1 N–H and O–H groups in total. The maximum atomic E-state index is 13.3. The first-order valence-electron chi connectivity index (χ1n) is 10.1. The number of carbonyl (C=O) groups excluding carboxylic acids is 2. The zero-order chi connectivity index (χ0) is 22.5. The predicted octanol–water partition coefficient (Wildman–Crippen LogP) is 6.65. The van der Waals surface area contributed by atoms with Gasteiger partial charge < -0.3 is 10.1 Å². The summed E-state index contributed by atoms with van der Waals surface area (Å²) in [7, 11) is 0. The van der Waals surface area contributed by atoms with Gasteiger partial charge in [0.1, 0.15) is 16.4 Å². The van der Waals surface area contributed by atoms with Crippen LogP contribution in [0.25, 0.3) is 22.3 Å². The summed E-state index contributed by atoms with van der Waals surface area (Å²) >= 11 is 1.23. The summed E-state index contributed by atoms with van der Waals surface area (Å²) < 4.78 is 18.5. The molecule has 4 rings (SSSR count). The summed E-state index contributed by atoms with van der Waals surface area (Å²) in [4.78, 5) is 25.5. The van der Waals surface area contributed by atoms with Crippen LogP contribution in [0.3, 0.4) is 0 Å². The van der Waals surface area contributed by atoms with Gasteiger partial charge in [0.15, 0.2) is 0 Å². The average Bonchev–Trinajstić information content (AvgIpc) is 3.24. The lowest BCUT2D eigenvalue weighted by molar-refractivity contribution is 0.0529. The second-order valence-corrected chi connectivity index (χ2v) is 7.86. The van der Waals surface area contributed by atoms with E-state index in [1.54, 1.807) is 36.6 Å². The SMILES string of the molecule is CCOC(=O)c1c(-c2ccc(F)cc2)csc1NC(=O)c1ccc(-c2ccccc2)cc1. The number of ether oxygens (including phenoxy) is 1. The Morgan fingerprint density at radius 2 is 1.50 bits per heavy atom. The monoisotopic (exact) mass is 445 g/mol. The lowest BCUT2D eigenvalue weighted by Crippen LogP contribution is -2.14. The quantitative estimate of drug-likeness (QED) is 0.338. The number of hydrogen-bond acceptors (Lipinski definition) is 4. The Morgan fingerprint density at radius 1 is 0.875 bits per heavy atom. The van der Waals surface area contributed by atoms with Crippen LogP contribution < -0.4 is 5.32 Å². The van der Waals surface area contributed by atoms with Crippen molar-refractivity contribution >= 4 is 28.2 Å². The van der Waals surface area contributed by atoms with Crippen LogP contribution in [0.1, 0.15) is 27.6 Å². The van der Waals surface area contributed by atoms with E-state index in [0.29, 0.717) is 21.7 Å². The van der Waals surface area contributed by atoms with Crippen LogP contribution in [0, 0.1) is 5.82 Å². The summed E-state index contributed by atoms with van der Waals surface area (Å²) in [6, 6.07) is 23.0. The van der Waals surface area contributed by atoms with Crippen LogP contribution in [-0.2, 0) is 4.74 Å². The molecule has 0 radical (unpaired) electrons. The van der Waals surface area contributed by atoms with Crippen molar-refractivity contribution < 1.29 is 18.7 Å². The number of benzene rings is 3. The zero-order valence-corrected chi connectivity index (χ0v) is 18.1. The molecule has 0 spiro atoms. The van der Waals surface area contributed by atoms with E-state index in [1.807, 2.05) is 42.5 Å². The summed E-state index contributed by atoms with van der Waals surface area (Å²) in [5.74, 6) is -1.24. The lowest BCUT2D eigenvalue weighted by atomic mass is 10.0. The molecule has 0 saturated heterocycles. The van der Waals surface area contributed by atoms with Gasteiger partial charge in [0.2, 0.25) is 0 Å². The Balaban J connectivity index is 1.61. The molecule has 0 bridgehead atoms.